The van der Waals surface area contributed by atoms with Gasteiger partial charge in [0.1, 0.15) is 6.04 Å². The van der Waals surface area contributed by atoms with Crippen LogP contribution in [0.2, 0.25) is 0 Å². The zero-order valence-corrected chi connectivity index (χ0v) is 9.67. The second kappa shape index (κ2) is 5.80. The first kappa shape index (κ1) is 13.7. The molecule has 4 N–H and O–H groups in total. The van der Waals surface area contributed by atoms with Gasteiger partial charge in [-0.05, 0) is 13.3 Å². The number of carbonyl (C=O) groups excluding carboxylic acids is 2. The van der Waals surface area contributed by atoms with Crippen molar-refractivity contribution in [2.45, 2.75) is 25.8 Å². The fourth-order valence-electron chi connectivity index (χ4n) is 1.24. The number of nitrogens with one attached hydrogen (secondary N) is 1. The number of carboxylic acids is 1. The van der Waals surface area contributed by atoms with Gasteiger partial charge in [-0.3, -0.25) is 9.59 Å². The van der Waals surface area contributed by atoms with E-state index in [2.05, 4.69) is 15.0 Å². The fraction of sp³-hybridized carbons (Fsp3) is 0.400. The normalized spacial score (nSPS) is 11.8. The number of amides is 2. The van der Waals surface area contributed by atoms with Gasteiger partial charge < -0.3 is 20.7 Å². The summed E-state index contributed by atoms with van der Waals surface area (Å²) >= 11 is 0. The van der Waals surface area contributed by atoms with Gasteiger partial charge in [0.25, 0.3) is 5.91 Å². The first-order valence-electron chi connectivity index (χ1n) is 5.15. The minimum atomic E-state index is -1.25. The summed E-state index contributed by atoms with van der Waals surface area (Å²) in [4.78, 5) is 33.0. The van der Waals surface area contributed by atoms with Crippen LogP contribution in [0.15, 0.2) is 10.6 Å². The van der Waals surface area contributed by atoms with E-state index in [-0.39, 0.29) is 18.6 Å². The number of nitrogens with two attached hydrogens (primary N) is 1. The molecule has 0 spiro atoms. The predicted molar refractivity (Wildman–Crippen MR) is 58.6 cm³/mol. The zero-order valence-electron chi connectivity index (χ0n) is 9.67. The smallest absolute Gasteiger partial charge is 0.326 e. The van der Waals surface area contributed by atoms with Crippen molar-refractivity contribution in [1.29, 1.82) is 0 Å². The van der Waals surface area contributed by atoms with Crippen molar-refractivity contribution >= 4 is 17.8 Å². The van der Waals surface area contributed by atoms with Crippen molar-refractivity contribution in [3.63, 3.8) is 0 Å². The zero-order chi connectivity index (χ0) is 13.7. The Kier molecular flexibility index (Phi) is 4.41. The molecule has 0 aromatic carbocycles. The molecule has 1 rings (SSSR count). The van der Waals surface area contributed by atoms with E-state index in [0.29, 0.717) is 5.69 Å². The summed E-state index contributed by atoms with van der Waals surface area (Å²) in [5, 5.41) is 14.6. The second-order valence-corrected chi connectivity index (χ2v) is 3.70. The molecule has 0 saturated heterocycles. The van der Waals surface area contributed by atoms with Crippen LogP contribution in [-0.2, 0) is 9.59 Å². The molecule has 0 bridgehead atoms. The van der Waals surface area contributed by atoms with Gasteiger partial charge in [-0.2, -0.15) is 0 Å². The number of primary amides is 1. The summed E-state index contributed by atoms with van der Waals surface area (Å²) in [6.07, 6.45) is -0.212. The Hall–Kier alpha value is -2.38. The molecule has 2 amide bonds. The predicted octanol–water partition coefficient (Wildman–Crippen LogP) is -0.568. The lowest BCUT2D eigenvalue weighted by Gasteiger charge is -2.11. The van der Waals surface area contributed by atoms with Gasteiger partial charge in [0.05, 0.1) is 5.69 Å². The van der Waals surface area contributed by atoms with Gasteiger partial charge >= 0.3 is 5.97 Å². The van der Waals surface area contributed by atoms with Crippen LogP contribution in [0.25, 0.3) is 0 Å². The lowest BCUT2D eigenvalue weighted by molar-refractivity contribution is -0.139. The van der Waals surface area contributed by atoms with Gasteiger partial charge in [-0.15, -0.1) is 0 Å². The molecule has 1 aromatic heterocycles. The highest BCUT2D eigenvalue weighted by Crippen LogP contribution is 2.04. The molecule has 0 fully saturated rings. The molecule has 1 atom stereocenters. The van der Waals surface area contributed by atoms with Gasteiger partial charge in [0.2, 0.25) is 11.7 Å². The quantitative estimate of drug-likeness (QED) is 0.622. The van der Waals surface area contributed by atoms with Crippen molar-refractivity contribution in [3.8, 4) is 0 Å². The Labute approximate surface area is 102 Å². The molecule has 8 nitrogen and oxygen atoms in total. The maximum absolute atomic E-state index is 11.6. The number of hydrogen-bond donors (Lipinski definition) is 3. The van der Waals surface area contributed by atoms with Gasteiger partial charge in [-0.1, -0.05) is 5.16 Å². The van der Waals surface area contributed by atoms with E-state index in [4.69, 9.17) is 10.8 Å². The standard InChI is InChI=1S/C10H13N3O5/c1-5-4-7(18-13-5)9(15)12-6(10(16)17)2-3-8(11)14/h4,6H,2-3H2,1H3,(H2,11,14)(H,12,15)(H,16,17). The van der Waals surface area contributed by atoms with Crippen molar-refractivity contribution in [1.82, 2.24) is 10.5 Å². The third-order valence-corrected chi connectivity index (χ3v) is 2.13. The second-order valence-electron chi connectivity index (χ2n) is 3.70. The largest absolute Gasteiger partial charge is 0.480 e. The van der Waals surface area contributed by atoms with Crippen LogP contribution < -0.4 is 11.1 Å². The number of rotatable bonds is 6. The lowest BCUT2D eigenvalue weighted by atomic mass is 10.1. The first-order chi connectivity index (χ1) is 8.40. The number of carboxylic acid groups (broad SMARTS) is 1. The molecule has 1 aromatic rings. The molecule has 1 heterocycles. The SMILES string of the molecule is Cc1cc(C(=O)NC(CCC(N)=O)C(=O)O)on1. The fourth-order valence-corrected chi connectivity index (χ4v) is 1.24. The first-order valence-corrected chi connectivity index (χ1v) is 5.15. The summed E-state index contributed by atoms with van der Waals surface area (Å²) in [6.45, 7) is 1.63. The van der Waals surface area contributed by atoms with Crippen LogP contribution >= 0.6 is 0 Å². The Morgan fingerprint density at radius 1 is 1.56 bits per heavy atom. The highest BCUT2D eigenvalue weighted by Gasteiger charge is 2.22. The number of aryl methyl sites for hydroxylation is 1. The summed E-state index contributed by atoms with van der Waals surface area (Å²) in [5.74, 6) is -2.67. The Morgan fingerprint density at radius 2 is 2.22 bits per heavy atom. The number of nitrogens with zero attached hydrogens (tertiary/aromatic N) is 1. The highest BCUT2D eigenvalue weighted by atomic mass is 16.5. The van der Waals surface area contributed by atoms with E-state index in [9.17, 15) is 14.4 Å². The number of carbonyl (C=O) groups is 3. The number of hydrogen-bond acceptors (Lipinski definition) is 5. The molecule has 98 valence electrons. The van der Waals surface area contributed by atoms with Crippen molar-refractivity contribution in [2.24, 2.45) is 5.73 Å². The third kappa shape index (κ3) is 3.89. The van der Waals surface area contributed by atoms with E-state index in [1.807, 2.05) is 0 Å². The summed E-state index contributed by atoms with van der Waals surface area (Å²) in [5.41, 5.74) is 5.42. The van der Waals surface area contributed by atoms with Crippen LogP contribution in [0.4, 0.5) is 0 Å². The van der Waals surface area contributed by atoms with Crippen LogP contribution in [0.1, 0.15) is 29.1 Å². The van der Waals surface area contributed by atoms with E-state index in [1.54, 1.807) is 6.92 Å². The van der Waals surface area contributed by atoms with E-state index < -0.39 is 23.8 Å². The van der Waals surface area contributed by atoms with E-state index in [1.165, 1.54) is 6.07 Å². The molecule has 0 radical (unpaired) electrons. The van der Waals surface area contributed by atoms with Crippen molar-refractivity contribution in [2.75, 3.05) is 0 Å². The van der Waals surface area contributed by atoms with Gasteiger partial charge in [0, 0.05) is 12.5 Å². The van der Waals surface area contributed by atoms with Crippen LogP contribution in [0.5, 0.6) is 0 Å². The summed E-state index contributed by atoms with van der Waals surface area (Å²) in [7, 11) is 0. The Balaban J connectivity index is 2.63. The molecule has 0 aliphatic heterocycles. The summed E-state index contributed by atoms with van der Waals surface area (Å²) in [6, 6.07) is 0.179. The molecular formula is C10H13N3O5. The Bertz CT molecular complexity index is 468. The minimum Gasteiger partial charge on any atom is -0.480 e. The lowest BCUT2D eigenvalue weighted by Crippen LogP contribution is -2.41. The van der Waals surface area contributed by atoms with Crippen LogP contribution in [0.3, 0.4) is 0 Å². The van der Waals surface area contributed by atoms with Gasteiger partial charge in [0.15, 0.2) is 0 Å². The van der Waals surface area contributed by atoms with Gasteiger partial charge in [-0.25, -0.2) is 4.79 Å². The maximum Gasteiger partial charge on any atom is 0.326 e. The molecule has 0 aliphatic carbocycles. The Morgan fingerprint density at radius 3 is 2.67 bits per heavy atom. The monoisotopic (exact) mass is 255 g/mol. The third-order valence-electron chi connectivity index (χ3n) is 2.13. The molecule has 0 saturated carbocycles. The molecule has 1 unspecified atom stereocenters. The molecule has 0 aliphatic rings. The molecule has 8 heteroatoms. The molecule has 18 heavy (non-hydrogen) atoms. The van der Waals surface area contributed by atoms with E-state index in [0.717, 1.165) is 0 Å². The summed E-state index contributed by atoms with van der Waals surface area (Å²) < 4.78 is 4.69. The number of aromatic nitrogens is 1. The maximum atomic E-state index is 11.6. The topological polar surface area (TPSA) is 136 Å². The average molecular weight is 255 g/mol. The highest BCUT2D eigenvalue weighted by molar-refractivity contribution is 5.94. The minimum absolute atomic E-state index is 0.0798. The van der Waals surface area contributed by atoms with Crippen molar-refractivity contribution in [3.05, 3.63) is 17.5 Å². The number of aliphatic carboxylic acids is 1. The van der Waals surface area contributed by atoms with Crippen LogP contribution in [-0.4, -0.2) is 34.1 Å². The average Bonchev–Trinajstić information content (AvgIpc) is 2.70. The van der Waals surface area contributed by atoms with Crippen molar-refractivity contribution < 1.29 is 24.0 Å². The molecular weight excluding hydrogens is 242 g/mol. The van der Waals surface area contributed by atoms with Crippen LogP contribution in [0, 0.1) is 6.92 Å². The van der Waals surface area contributed by atoms with E-state index >= 15 is 0 Å².